The van der Waals surface area contributed by atoms with Gasteiger partial charge in [0.2, 0.25) is 11.4 Å². The standard InChI is InChI=1S/C26H23N2O/c1-16-14-17(2)24(25-23(16)21-11-10-18(3)27-26(21)29-25)22-15-20(12-13-28(22)4)19-8-6-5-7-9-19/h5-15H,1-4H3/q+1. The molecule has 0 saturated carbocycles. The molecule has 3 aromatic heterocycles. The summed E-state index contributed by atoms with van der Waals surface area (Å²) < 4.78 is 8.52. The van der Waals surface area contributed by atoms with E-state index >= 15 is 0 Å². The van der Waals surface area contributed by atoms with Crippen molar-refractivity contribution in [3.05, 3.63) is 83.7 Å². The Hall–Kier alpha value is -3.46. The van der Waals surface area contributed by atoms with Crippen LogP contribution < -0.4 is 4.57 Å². The summed E-state index contributed by atoms with van der Waals surface area (Å²) in [6.07, 6.45) is 2.12. The zero-order chi connectivity index (χ0) is 20.1. The van der Waals surface area contributed by atoms with Gasteiger partial charge in [0.25, 0.3) is 0 Å². The molecule has 142 valence electrons. The van der Waals surface area contributed by atoms with Gasteiger partial charge in [0.1, 0.15) is 7.05 Å². The SMILES string of the molecule is Cc1ccc2c(n1)oc1c(-c3cc(-c4ccccc4)cc[n+]3C)c(C)cc(C)c12. The summed E-state index contributed by atoms with van der Waals surface area (Å²) in [6, 6.07) is 21.3. The fourth-order valence-electron chi connectivity index (χ4n) is 4.23. The van der Waals surface area contributed by atoms with E-state index < -0.39 is 0 Å². The Kier molecular flexibility index (Phi) is 3.99. The molecule has 2 aromatic carbocycles. The van der Waals surface area contributed by atoms with E-state index in [9.17, 15) is 0 Å². The number of fused-ring (bicyclic) bond motifs is 3. The summed E-state index contributed by atoms with van der Waals surface area (Å²) in [6.45, 7) is 6.30. The lowest BCUT2D eigenvalue weighted by atomic mass is 9.95. The Bertz CT molecular complexity index is 1380. The van der Waals surface area contributed by atoms with Crippen molar-refractivity contribution < 1.29 is 8.98 Å². The highest BCUT2D eigenvalue weighted by Gasteiger charge is 2.23. The Balaban J connectivity index is 1.85. The largest absolute Gasteiger partial charge is 0.437 e. The first-order valence-corrected chi connectivity index (χ1v) is 9.88. The fraction of sp³-hybridized carbons (Fsp3) is 0.154. The molecule has 0 atom stereocenters. The summed E-state index contributed by atoms with van der Waals surface area (Å²) in [5, 5.41) is 2.23. The molecule has 5 aromatic rings. The number of furan rings is 1. The summed E-state index contributed by atoms with van der Waals surface area (Å²) in [4.78, 5) is 4.63. The highest BCUT2D eigenvalue weighted by molar-refractivity contribution is 6.10. The number of rotatable bonds is 2. The highest BCUT2D eigenvalue weighted by Crippen LogP contribution is 2.39. The van der Waals surface area contributed by atoms with Gasteiger partial charge in [-0.1, -0.05) is 36.4 Å². The molecule has 0 spiro atoms. The predicted molar refractivity (Wildman–Crippen MR) is 118 cm³/mol. The fourth-order valence-corrected chi connectivity index (χ4v) is 4.23. The molecule has 0 aliphatic rings. The van der Waals surface area contributed by atoms with Crippen LogP contribution in [0.3, 0.4) is 0 Å². The Morgan fingerprint density at radius 2 is 1.62 bits per heavy atom. The minimum absolute atomic E-state index is 0.705. The monoisotopic (exact) mass is 379 g/mol. The third-order valence-electron chi connectivity index (χ3n) is 5.66. The van der Waals surface area contributed by atoms with Gasteiger partial charge in [-0.3, -0.25) is 0 Å². The van der Waals surface area contributed by atoms with Crippen molar-refractivity contribution in [3.8, 4) is 22.4 Å². The van der Waals surface area contributed by atoms with Crippen molar-refractivity contribution in [2.45, 2.75) is 20.8 Å². The van der Waals surface area contributed by atoms with E-state index in [0.717, 1.165) is 33.3 Å². The van der Waals surface area contributed by atoms with Gasteiger partial charge in [-0.25, -0.2) is 9.55 Å². The number of aryl methyl sites for hydroxylation is 4. The molecule has 0 amide bonds. The third-order valence-corrected chi connectivity index (χ3v) is 5.66. The molecule has 29 heavy (non-hydrogen) atoms. The second-order valence-electron chi connectivity index (χ2n) is 7.77. The molecule has 0 unspecified atom stereocenters. The Morgan fingerprint density at radius 1 is 0.828 bits per heavy atom. The van der Waals surface area contributed by atoms with Gasteiger partial charge in [0.05, 0.1) is 5.56 Å². The van der Waals surface area contributed by atoms with Crippen LogP contribution in [0.2, 0.25) is 0 Å². The maximum Gasteiger partial charge on any atom is 0.227 e. The number of nitrogens with zero attached hydrogens (tertiary/aromatic N) is 2. The van der Waals surface area contributed by atoms with Gasteiger partial charge < -0.3 is 4.42 Å². The van der Waals surface area contributed by atoms with Crippen LogP contribution in [-0.4, -0.2) is 4.98 Å². The molecule has 0 bridgehead atoms. The van der Waals surface area contributed by atoms with E-state index in [1.807, 2.05) is 19.1 Å². The summed E-state index contributed by atoms with van der Waals surface area (Å²) in [5.74, 6) is 0. The van der Waals surface area contributed by atoms with E-state index in [1.165, 1.54) is 22.3 Å². The normalized spacial score (nSPS) is 11.4. The van der Waals surface area contributed by atoms with Crippen molar-refractivity contribution in [3.63, 3.8) is 0 Å². The average Bonchev–Trinajstić information content (AvgIpc) is 3.08. The molecule has 0 fully saturated rings. The number of hydrogen-bond acceptors (Lipinski definition) is 2. The average molecular weight is 379 g/mol. The van der Waals surface area contributed by atoms with E-state index in [2.05, 4.69) is 85.2 Å². The zero-order valence-corrected chi connectivity index (χ0v) is 17.2. The quantitative estimate of drug-likeness (QED) is 0.349. The smallest absolute Gasteiger partial charge is 0.227 e. The number of aromatic nitrogens is 2. The molecule has 0 aliphatic carbocycles. The predicted octanol–water partition coefficient (Wildman–Crippen LogP) is 6.06. The molecule has 3 nitrogen and oxygen atoms in total. The topological polar surface area (TPSA) is 29.9 Å². The summed E-state index contributed by atoms with van der Waals surface area (Å²) in [5.41, 5.74) is 9.65. The maximum atomic E-state index is 6.36. The third kappa shape index (κ3) is 2.82. The van der Waals surface area contributed by atoms with Gasteiger partial charge in [0, 0.05) is 28.6 Å². The van der Waals surface area contributed by atoms with E-state index in [1.54, 1.807) is 0 Å². The lowest BCUT2D eigenvalue weighted by Gasteiger charge is -2.09. The van der Waals surface area contributed by atoms with Gasteiger partial charge in [-0.05, 0) is 55.2 Å². The van der Waals surface area contributed by atoms with E-state index in [0.29, 0.717) is 5.71 Å². The van der Waals surface area contributed by atoms with Gasteiger partial charge >= 0.3 is 0 Å². The number of benzene rings is 2. The number of pyridine rings is 2. The van der Waals surface area contributed by atoms with Crippen LogP contribution in [-0.2, 0) is 7.05 Å². The van der Waals surface area contributed by atoms with Crippen LogP contribution >= 0.6 is 0 Å². The van der Waals surface area contributed by atoms with Crippen LogP contribution in [0.25, 0.3) is 44.5 Å². The molecule has 0 saturated heterocycles. The second kappa shape index (κ2) is 6.56. The molecule has 0 aliphatic heterocycles. The molecule has 3 heteroatoms. The first kappa shape index (κ1) is 17.6. The first-order chi connectivity index (χ1) is 14.0. The molecular formula is C26H23N2O+. The minimum Gasteiger partial charge on any atom is -0.437 e. The van der Waals surface area contributed by atoms with Crippen LogP contribution in [0, 0.1) is 20.8 Å². The number of hydrogen-bond donors (Lipinski definition) is 0. The first-order valence-electron chi connectivity index (χ1n) is 9.88. The molecule has 3 heterocycles. The lowest BCUT2D eigenvalue weighted by Crippen LogP contribution is -2.30. The van der Waals surface area contributed by atoms with Crippen LogP contribution in [0.15, 0.2) is 71.3 Å². The van der Waals surface area contributed by atoms with Crippen LogP contribution in [0.4, 0.5) is 0 Å². The van der Waals surface area contributed by atoms with Gasteiger partial charge in [0.15, 0.2) is 11.8 Å². The zero-order valence-electron chi connectivity index (χ0n) is 17.2. The molecule has 0 radical (unpaired) electrons. The summed E-state index contributed by atoms with van der Waals surface area (Å²) in [7, 11) is 2.08. The molecular weight excluding hydrogens is 356 g/mol. The van der Waals surface area contributed by atoms with Crippen molar-refractivity contribution in [1.82, 2.24) is 4.98 Å². The van der Waals surface area contributed by atoms with Gasteiger partial charge in [-0.15, -0.1) is 0 Å². The van der Waals surface area contributed by atoms with Crippen molar-refractivity contribution in [2.24, 2.45) is 7.05 Å². The van der Waals surface area contributed by atoms with Crippen molar-refractivity contribution >= 4 is 22.1 Å². The molecule has 0 N–H and O–H groups in total. The van der Waals surface area contributed by atoms with Crippen molar-refractivity contribution in [2.75, 3.05) is 0 Å². The minimum atomic E-state index is 0.705. The van der Waals surface area contributed by atoms with Gasteiger partial charge in [-0.2, -0.15) is 0 Å². The second-order valence-corrected chi connectivity index (χ2v) is 7.77. The van der Waals surface area contributed by atoms with Crippen molar-refractivity contribution in [1.29, 1.82) is 0 Å². The molecule has 5 rings (SSSR count). The van der Waals surface area contributed by atoms with Crippen LogP contribution in [0.5, 0.6) is 0 Å². The Labute approximate surface area is 170 Å². The van der Waals surface area contributed by atoms with E-state index in [-0.39, 0.29) is 0 Å². The van der Waals surface area contributed by atoms with E-state index in [4.69, 9.17) is 4.42 Å². The summed E-state index contributed by atoms with van der Waals surface area (Å²) >= 11 is 0. The highest BCUT2D eigenvalue weighted by atomic mass is 16.3. The Morgan fingerprint density at radius 3 is 2.41 bits per heavy atom. The lowest BCUT2D eigenvalue weighted by molar-refractivity contribution is -0.660. The van der Waals surface area contributed by atoms with Crippen LogP contribution in [0.1, 0.15) is 16.8 Å². The maximum absolute atomic E-state index is 6.36.